The first-order valence-electron chi connectivity index (χ1n) is 10.8. The van der Waals surface area contributed by atoms with Crippen LogP contribution in [0.3, 0.4) is 0 Å². The molecule has 1 aliphatic heterocycles. The van der Waals surface area contributed by atoms with Crippen molar-refractivity contribution < 1.29 is 14.3 Å². The lowest BCUT2D eigenvalue weighted by atomic mass is 9.98. The van der Waals surface area contributed by atoms with Crippen LogP contribution in [0.2, 0.25) is 0 Å². The molecule has 1 aromatic carbocycles. The molecule has 4 rings (SSSR count). The molecule has 1 atom stereocenters. The molecule has 0 bridgehead atoms. The summed E-state index contributed by atoms with van der Waals surface area (Å²) in [5.41, 5.74) is 0.650. The SMILES string of the molecule is CCOc1ccc(NC(=O)Cn2cnc3nc(N4CCC[C@@H](C(=O)NC)C4)sc3c2=O)cc1. The number of carbonyl (C=O) groups excluding carboxylic acids is 2. The normalized spacial score (nSPS) is 15.9. The number of fused-ring (bicyclic) bond motifs is 1. The predicted molar refractivity (Wildman–Crippen MR) is 127 cm³/mol. The van der Waals surface area contributed by atoms with E-state index in [1.54, 1.807) is 31.3 Å². The Morgan fingerprint density at radius 3 is 2.79 bits per heavy atom. The van der Waals surface area contributed by atoms with Crippen molar-refractivity contribution >= 4 is 44.3 Å². The molecule has 10 nitrogen and oxygen atoms in total. The van der Waals surface area contributed by atoms with E-state index < -0.39 is 0 Å². The largest absolute Gasteiger partial charge is 0.494 e. The topological polar surface area (TPSA) is 118 Å². The summed E-state index contributed by atoms with van der Waals surface area (Å²) in [6.07, 6.45) is 3.04. The Labute approximate surface area is 194 Å². The van der Waals surface area contributed by atoms with Gasteiger partial charge in [0.1, 0.15) is 23.3 Å². The molecule has 11 heteroatoms. The molecule has 0 spiro atoms. The maximum absolute atomic E-state index is 13.0. The van der Waals surface area contributed by atoms with Crippen LogP contribution in [-0.2, 0) is 16.1 Å². The molecule has 0 unspecified atom stereocenters. The monoisotopic (exact) mass is 470 g/mol. The van der Waals surface area contributed by atoms with E-state index in [2.05, 4.69) is 20.6 Å². The highest BCUT2D eigenvalue weighted by atomic mass is 32.1. The smallest absolute Gasteiger partial charge is 0.273 e. The van der Waals surface area contributed by atoms with Crippen LogP contribution >= 0.6 is 11.3 Å². The van der Waals surface area contributed by atoms with Gasteiger partial charge in [0.25, 0.3) is 5.56 Å². The van der Waals surface area contributed by atoms with E-state index in [9.17, 15) is 14.4 Å². The van der Waals surface area contributed by atoms with Crippen molar-refractivity contribution in [1.82, 2.24) is 19.9 Å². The second kappa shape index (κ2) is 9.99. The second-order valence-electron chi connectivity index (χ2n) is 7.73. The van der Waals surface area contributed by atoms with Crippen LogP contribution in [0.5, 0.6) is 5.75 Å². The van der Waals surface area contributed by atoms with Crippen LogP contribution in [0.15, 0.2) is 35.4 Å². The molecule has 2 aromatic heterocycles. The van der Waals surface area contributed by atoms with Gasteiger partial charge < -0.3 is 20.3 Å². The average molecular weight is 471 g/mol. The fraction of sp³-hybridized carbons (Fsp3) is 0.409. The Kier molecular flexibility index (Phi) is 6.87. The van der Waals surface area contributed by atoms with Gasteiger partial charge in [-0.3, -0.25) is 19.0 Å². The van der Waals surface area contributed by atoms with Gasteiger partial charge in [-0.15, -0.1) is 0 Å². The molecule has 0 aliphatic carbocycles. The molecular weight excluding hydrogens is 444 g/mol. The number of carbonyl (C=O) groups is 2. The number of anilines is 2. The summed E-state index contributed by atoms with van der Waals surface area (Å²) in [6.45, 7) is 3.63. The molecule has 3 heterocycles. The van der Waals surface area contributed by atoms with Gasteiger partial charge >= 0.3 is 0 Å². The van der Waals surface area contributed by atoms with E-state index in [4.69, 9.17) is 4.74 Å². The Bertz CT molecular complexity index is 1210. The van der Waals surface area contributed by atoms with Crippen molar-refractivity contribution in [2.45, 2.75) is 26.3 Å². The number of hydrogen-bond acceptors (Lipinski definition) is 8. The molecular formula is C22H26N6O4S. The van der Waals surface area contributed by atoms with Gasteiger partial charge in [0.15, 0.2) is 10.8 Å². The van der Waals surface area contributed by atoms with E-state index in [0.717, 1.165) is 25.1 Å². The lowest BCUT2D eigenvalue weighted by Crippen LogP contribution is -2.42. The molecule has 1 saturated heterocycles. The summed E-state index contributed by atoms with van der Waals surface area (Å²) in [5, 5.41) is 6.14. The number of ether oxygens (including phenoxy) is 1. The number of hydrogen-bond donors (Lipinski definition) is 2. The van der Waals surface area contributed by atoms with Crippen molar-refractivity contribution in [3.05, 3.63) is 40.9 Å². The van der Waals surface area contributed by atoms with Crippen molar-refractivity contribution in [2.24, 2.45) is 5.92 Å². The van der Waals surface area contributed by atoms with Crippen molar-refractivity contribution in [3.63, 3.8) is 0 Å². The van der Waals surface area contributed by atoms with Crippen molar-refractivity contribution in [3.8, 4) is 5.75 Å². The fourth-order valence-electron chi connectivity index (χ4n) is 3.81. The minimum atomic E-state index is -0.336. The summed E-state index contributed by atoms with van der Waals surface area (Å²) < 4.78 is 7.06. The number of nitrogens with one attached hydrogen (secondary N) is 2. The molecule has 2 N–H and O–H groups in total. The van der Waals surface area contributed by atoms with Crippen LogP contribution in [0, 0.1) is 5.92 Å². The number of amides is 2. The van der Waals surface area contributed by atoms with Gasteiger partial charge in [-0.25, -0.2) is 4.98 Å². The third-order valence-corrected chi connectivity index (χ3v) is 6.54. The predicted octanol–water partition coefficient (Wildman–Crippen LogP) is 1.85. The van der Waals surface area contributed by atoms with E-state index in [1.165, 1.54) is 22.2 Å². The summed E-state index contributed by atoms with van der Waals surface area (Å²) in [5.74, 6) is 0.292. The van der Waals surface area contributed by atoms with Gasteiger partial charge in [0.05, 0.1) is 12.5 Å². The molecule has 1 fully saturated rings. The number of thiazole rings is 1. The maximum atomic E-state index is 13.0. The minimum absolute atomic E-state index is 0.0137. The molecule has 174 valence electrons. The summed E-state index contributed by atoms with van der Waals surface area (Å²) in [6, 6.07) is 7.03. The zero-order valence-corrected chi connectivity index (χ0v) is 19.4. The first-order valence-corrected chi connectivity index (χ1v) is 11.7. The fourth-order valence-corrected chi connectivity index (χ4v) is 4.81. The molecule has 3 aromatic rings. The number of rotatable bonds is 7. The lowest BCUT2D eigenvalue weighted by molar-refractivity contribution is -0.124. The summed E-state index contributed by atoms with van der Waals surface area (Å²) >= 11 is 1.24. The highest BCUT2D eigenvalue weighted by Gasteiger charge is 2.27. The highest BCUT2D eigenvalue weighted by Crippen LogP contribution is 2.29. The third kappa shape index (κ3) is 5.14. The zero-order valence-electron chi connectivity index (χ0n) is 18.5. The quantitative estimate of drug-likeness (QED) is 0.541. The molecule has 0 saturated carbocycles. The lowest BCUT2D eigenvalue weighted by Gasteiger charge is -2.31. The van der Waals surface area contributed by atoms with Crippen LogP contribution in [0.25, 0.3) is 10.3 Å². The Morgan fingerprint density at radius 1 is 1.27 bits per heavy atom. The van der Waals surface area contributed by atoms with Crippen LogP contribution in [0.4, 0.5) is 10.8 Å². The average Bonchev–Trinajstić information content (AvgIpc) is 3.27. The van der Waals surface area contributed by atoms with E-state index >= 15 is 0 Å². The number of nitrogens with zero attached hydrogens (tertiary/aromatic N) is 4. The highest BCUT2D eigenvalue weighted by molar-refractivity contribution is 7.22. The first kappa shape index (κ1) is 22.7. The van der Waals surface area contributed by atoms with Crippen LogP contribution < -0.4 is 25.8 Å². The Balaban J connectivity index is 1.47. The molecule has 2 amide bonds. The first-order chi connectivity index (χ1) is 16.0. The summed E-state index contributed by atoms with van der Waals surface area (Å²) in [4.78, 5) is 48.3. The van der Waals surface area contributed by atoms with E-state index in [1.807, 2.05) is 11.8 Å². The number of benzene rings is 1. The number of aromatic nitrogens is 3. The second-order valence-corrected chi connectivity index (χ2v) is 8.71. The van der Waals surface area contributed by atoms with Crippen molar-refractivity contribution in [2.75, 3.05) is 37.0 Å². The molecule has 33 heavy (non-hydrogen) atoms. The third-order valence-electron chi connectivity index (χ3n) is 5.44. The zero-order chi connectivity index (χ0) is 23.4. The summed E-state index contributed by atoms with van der Waals surface area (Å²) in [7, 11) is 1.64. The van der Waals surface area contributed by atoms with Gasteiger partial charge in [-0.2, -0.15) is 4.98 Å². The molecule has 1 aliphatic rings. The van der Waals surface area contributed by atoms with Gasteiger partial charge in [-0.1, -0.05) is 11.3 Å². The number of piperidine rings is 1. The van der Waals surface area contributed by atoms with Gasteiger partial charge in [-0.05, 0) is 44.0 Å². The van der Waals surface area contributed by atoms with Crippen LogP contribution in [-0.4, -0.2) is 53.1 Å². The van der Waals surface area contributed by atoms with Gasteiger partial charge in [0, 0.05) is 25.8 Å². The Hall–Kier alpha value is -3.47. The molecule has 0 radical (unpaired) electrons. The minimum Gasteiger partial charge on any atom is -0.494 e. The maximum Gasteiger partial charge on any atom is 0.273 e. The van der Waals surface area contributed by atoms with Crippen molar-refractivity contribution in [1.29, 1.82) is 0 Å². The van der Waals surface area contributed by atoms with Crippen LogP contribution in [0.1, 0.15) is 19.8 Å². The standard InChI is InChI=1S/C22H26N6O4S/c1-3-32-16-8-6-15(7-9-16)25-17(29)12-28-13-24-19-18(21(28)31)33-22(26-19)27-10-4-5-14(11-27)20(30)23-2/h6-9,13-14H,3-5,10-12H2,1-2H3,(H,23,30)(H,25,29)/t14-/m1/s1. The van der Waals surface area contributed by atoms with Gasteiger partial charge in [0.2, 0.25) is 11.8 Å². The Morgan fingerprint density at radius 2 is 2.06 bits per heavy atom. The van der Waals surface area contributed by atoms with E-state index in [-0.39, 0.29) is 29.8 Å². The van der Waals surface area contributed by atoms with E-state index in [0.29, 0.717) is 34.3 Å².